The minimum absolute atomic E-state index is 0.103. The van der Waals surface area contributed by atoms with Crippen LogP contribution in [-0.4, -0.2) is 24.7 Å². The Morgan fingerprint density at radius 1 is 1.35 bits per heavy atom. The number of aryl methyl sites for hydroxylation is 1. The van der Waals surface area contributed by atoms with Crippen molar-refractivity contribution in [3.63, 3.8) is 0 Å². The molecule has 0 fully saturated rings. The van der Waals surface area contributed by atoms with Crippen LogP contribution < -0.4 is 4.31 Å². The van der Waals surface area contributed by atoms with Crippen molar-refractivity contribution < 1.29 is 8.42 Å². The van der Waals surface area contributed by atoms with Crippen LogP contribution in [0.1, 0.15) is 37.4 Å². The van der Waals surface area contributed by atoms with E-state index in [4.69, 9.17) is 5.26 Å². The van der Waals surface area contributed by atoms with Crippen LogP contribution in [0.25, 0.3) is 0 Å². The zero-order valence-corrected chi connectivity index (χ0v) is 13.9. The monoisotopic (exact) mass is 330 g/mol. The van der Waals surface area contributed by atoms with Gasteiger partial charge in [0.15, 0.2) is 0 Å². The summed E-state index contributed by atoms with van der Waals surface area (Å²) < 4.78 is 29.0. The summed E-state index contributed by atoms with van der Waals surface area (Å²) in [5.74, 6) is 0. The predicted octanol–water partition coefficient (Wildman–Crippen LogP) is 2.48. The Balaban J connectivity index is 2.03. The van der Waals surface area contributed by atoms with E-state index in [1.807, 2.05) is 13.8 Å². The molecule has 0 bridgehead atoms. The average Bonchev–Trinajstić information content (AvgIpc) is 3.04. The maximum absolute atomic E-state index is 12.9. The number of aromatic nitrogens is 2. The summed E-state index contributed by atoms with van der Waals surface area (Å²) in [4.78, 5) is 0.198. The van der Waals surface area contributed by atoms with Gasteiger partial charge in [-0.15, -0.1) is 0 Å². The number of sulfonamides is 1. The lowest BCUT2D eigenvalue weighted by Gasteiger charge is -2.30. The van der Waals surface area contributed by atoms with Crippen molar-refractivity contribution in [3.05, 3.63) is 41.7 Å². The van der Waals surface area contributed by atoms with Gasteiger partial charge in [0.2, 0.25) is 0 Å². The largest absolute Gasteiger partial charge is 0.269 e. The van der Waals surface area contributed by atoms with Gasteiger partial charge in [-0.3, -0.25) is 8.99 Å². The molecule has 0 saturated carbocycles. The molecule has 120 valence electrons. The van der Waals surface area contributed by atoms with Gasteiger partial charge in [-0.05, 0) is 50.5 Å². The SMILES string of the molecule is CC(C)n1cc(S(=O)(=O)N2CCCc3cc(C#N)ccc32)cn1. The molecule has 2 aromatic rings. The number of benzene rings is 1. The predicted molar refractivity (Wildman–Crippen MR) is 86.6 cm³/mol. The highest BCUT2D eigenvalue weighted by molar-refractivity contribution is 7.92. The van der Waals surface area contributed by atoms with Crippen molar-refractivity contribution in [2.75, 3.05) is 10.8 Å². The van der Waals surface area contributed by atoms with Crippen molar-refractivity contribution in [1.29, 1.82) is 5.26 Å². The Labute approximate surface area is 136 Å². The van der Waals surface area contributed by atoms with Crippen LogP contribution in [0.3, 0.4) is 0 Å². The summed E-state index contributed by atoms with van der Waals surface area (Å²) in [5.41, 5.74) is 2.11. The second-order valence-corrected chi connectivity index (χ2v) is 7.75. The van der Waals surface area contributed by atoms with E-state index in [-0.39, 0.29) is 10.9 Å². The summed E-state index contributed by atoms with van der Waals surface area (Å²) >= 11 is 0. The van der Waals surface area contributed by atoms with Gasteiger partial charge in [0.1, 0.15) is 4.90 Å². The average molecular weight is 330 g/mol. The molecule has 1 aromatic carbocycles. The first-order chi connectivity index (χ1) is 10.9. The van der Waals surface area contributed by atoms with Crippen molar-refractivity contribution in [2.45, 2.75) is 37.6 Å². The summed E-state index contributed by atoms with van der Waals surface area (Å²) in [6.45, 7) is 4.33. The Bertz CT molecular complexity index is 878. The van der Waals surface area contributed by atoms with Crippen molar-refractivity contribution in [1.82, 2.24) is 9.78 Å². The molecule has 0 aliphatic carbocycles. The molecule has 1 aliphatic heterocycles. The second kappa shape index (κ2) is 5.70. The number of rotatable bonds is 3. The molecule has 0 radical (unpaired) electrons. The summed E-state index contributed by atoms with van der Waals surface area (Å²) in [7, 11) is -3.64. The minimum atomic E-state index is -3.64. The van der Waals surface area contributed by atoms with E-state index < -0.39 is 10.0 Å². The van der Waals surface area contributed by atoms with Crippen LogP contribution in [0.5, 0.6) is 0 Å². The topological polar surface area (TPSA) is 79.0 Å². The fraction of sp³-hybridized carbons (Fsp3) is 0.375. The first-order valence-corrected chi connectivity index (χ1v) is 8.97. The number of hydrogen-bond acceptors (Lipinski definition) is 4. The lowest BCUT2D eigenvalue weighted by molar-refractivity contribution is 0.531. The van der Waals surface area contributed by atoms with Crippen LogP contribution in [0, 0.1) is 11.3 Å². The highest BCUT2D eigenvalue weighted by Crippen LogP contribution is 2.32. The first kappa shape index (κ1) is 15.6. The maximum atomic E-state index is 12.9. The van der Waals surface area contributed by atoms with Gasteiger partial charge in [-0.2, -0.15) is 10.4 Å². The number of nitrogens with zero attached hydrogens (tertiary/aromatic N) is 4. The van der Waals surface area contributed by atoms with Gasteiger partial charge < -0.3 is 0 Å². The van der Waals surface area contributed by atoms with E-state index in [9.17, 15) is 8.42 Å². The highest BCUT2D eigenvalue weighted by Gasteiger charge is 2.30. The van der Waals surface area contributed by atoms with Gasteiger partial charge in [0.25, 0.3) is 10.0 Å². The second-order valence-electron chi connectivity index (χ2n) is 5.89. The molecule has 0 atom stereocenters. The number of anilines is 1. The van der Waals surface area contributed by atoms with Gasteiger partial charge in [0.05, 0.1) is 23.5 Å². The van der Waals surface area contributed by atoms with Crippen molar-refractivity contribution in [2.24, 2.45) is 0 Å². The molecule has 3 rings (SSSR count). The Morgan fingerprint density at radius 2 is 2.13 bits per heavy atom. The molecule has 0 amide bonds. The molecular weight excluding hydrogens is 312 g/mol. The summed E-state index contributed by atoms with van der Waals surface area (Å²) in [6, 6.07) is 7.35. The Hall–Kier alpha value is -2.33. The molecule has 0 unspecified atom stereocenters. The minimum Gasteiger partial charge on any atom is -0.269 e. The van der Waals surface area contributed by atoms with Crippen LogP contribution >= 0.6 is 0 Å². The van der Waals surface area contributed by atoms with Crippen LogP contribution in [0.4, 0.5) is 5.69 Å². The first-order valence-electron chi connectivity index (χ1n) is 7.53. The molecule has 1 aliphatic rings. The fourth-order valence-electron chi connectivity index (χ4n) is 2.75. The van der Waals surface area contributed by atoms with Crippen LogP contribution in [0.15, 0.2) is 35.5 Å². The van der Waals surface area contributed by atoms with Gasteiger partial charge in [-0.25, -0.2) is 8.42 Å². The molecule has 0 spiro atoms. The normalized spacial score (nSPS) is 14.6. The molecule has 1 aromatic heterocycles. The maximum Gasteiger partial charge on any atom is 0.267 e. The van der Waals surface area contributed by atoms with Crippen molar-refractivity contribution >= 4 is 15.7 Å². The highest BCUT2D eigenvalue weighted by atomic mass is 32.2. The smallest absolute Gasteiger partial charge is 0.267 e. The molecular formula is C16H18N4O2S. The van der Waals surface area contributed by atoms with Gasteiger partial charge in [0, 0.05) is 18.8 Å². The van der Waals surface area contributed by atoms with E-state index in [1.165, 1.54) is 10.5 Å². The molecule has 6 nitrogen and oxygen atoms in total. The standard InChI is InChI=1S/C16H18N4O2S/c1-12(2)19-11-15(10-18-19)23(21,22)20-7-3-4-14-8-13(9-17)5-6-16(14)20/h5-6,8,10-12H,3-4,7H2,1-2H3. The lowest BCUT2D eigenvalue weighted by atomic mass is 10.0. The molecule has 0 saturated heterocycles. The Morgan fingerprint density at radius 3 is 2.78 bits per heavy atom. The quantitative estimate of drug-likeness (QED) is 0.866. The third-order valence-corrected chi connectivity index (χ3v) is 5.75. The van der Waals surface area contributed by atoms with Crippen LogP contribution in [-0.2, 0) is 16.4 Å². The summed E-state index contributed by atoms with van der Waals surface area (Å²) in [5, 5.41) is 13.1. The molecule has 2 heterocycles. The van der Waals surface area contributed by atoms with Crippen molar-refractivity contribution in [3.8, 4) is 6.07 Å². The van der Waals surface area contributed by atoms with Gasteiger partial charge in [-0.1, -0.05) is 0 Å². The third-order valence-electron chi connectivity index (χ3n) is 3.98. The van der Waals surface area contributed by atoms with E-state index >= 15 is 0 Å². The zero-order valence-electron chi connectivity index (χ0n) is 13.1. The zero-order chi connectivity index (χ0) is 16.6. The lowest BCUT2D eigenvalue weighted by Crippen LogP contribution is -2.35. The number of hydrogen-bond donors (Lipinski definition) is 0. The van der Waals surface area contributed by atoms with E-state index in [0.717, 1.165) is 18.4 Å². The fourth-order valence-corrected chi connectivity index (χ4v) is 4.23. The van der Waals surface area contributed by atoms with E-state index in [1.54, 1.807) is 29.1 Å². The number of nitriles is 1. The third kappa shape index (κ3) is 2.70. The van der Waals surface area contributed by atoms with E-state index in [0.29, 0.717) is 17.8 Å². The molecule has 23 heavy (non-hydrogen) atoms. The summed E-state index contributed by atoms with van der Waals surface area (Å²) in [6.07, 6.45) is 4.48. The van der Waals surface area contributed by atoms with E-state index in [2.05, 4.69) is 11.2 Å². The van der Waals surface area contributed by atoms with Gasteiger partial charge >= 0.3 is 0 Å². The number of fused-ring (bicyclic) bond motifs is 1. The molecule has 0 N–H and O–H groups in total. The molecule has 7 heteroatoms. The Kier molecular flexibility index (Phi) is 3.86. The van der Waals surface area contributed by atoms with Crippen LogP contribution in [0.2, 0.25) is 0 Å².